The fourth-order valence-electron chi connectivity index (χ4n) is 3.14. The van der Waals surface area contributed by atoms with E-state index >= 15 is 0 Å². The minimum atomic E-state index is -0.583. The van der Waals surface area contributed by atoms with Gasteiger partial charge in [-0.05, 0) is 30.7 Å². The Morgan fingerprint density at radius 1 is 1.00 bits per heavy atom. The summed E-state index contributed by atoms with van der Waals surface area (Å²) in [5, 5.41) is 9.58. The molecule has 0 amide bonds. The van der Waals surface area contributed by atoms with Crippen LogP contribution in [0.1, 0.15) is 15.9 Å². The number of rotatable bonds is 4. The lowest BCUT2D eigenvalue weighted by Gasteiger charge is -2.19. The third kappa shape index (κ3) is 3.27. The standard InChI is InChI=1S/C21H19N3O3/c1-14-8-4-5-9-15(14)21(26)27-13-19(25)16(12-22)20-23(2)17-10-6-7-11-18(17)24(20)3/h4-11H,13H2,1-3H3. The number of carbonyl (C=O) groups is 2. The van der Waals surface area contributed by atoms with Gasteiger partial charge in [0.1, 0.15) is 17.5 Å². The topological polar surface area (TPSA) is 73.6 Å². The highest BCUT2D eigenvalue weighted by Crippen LogP contribution is 2.40. The summed E-state index contributed by atoms with van der Waals surface area (Å²) in [4.78, 5) is 28.4. The van der Waals surface area contributed by atoms with E-state index in [-0.39, 0.29) is 5.57 Å². The molecule has 1 heterocycles. The summed E-state index contributed by atoms with van der Waals surface area (Å²) in [6, 6.07) is 16.6. The number of hydrogen-bond donors (Lipinski definition) is 0. The van der Waals surface area contributed by atoms with Crippen LogP contribution in [0.25, 0.3) is 0 Å². The predicted octanol–water partition coefficient (Wildman–Crippen LogP) is 3.04. The highest BCUT2D eigenvalue weighted by molar-refractivity contribution is 6.04. The van der Waals surface area contributed by atoms with Crippen molar-refractivity contribution in [3.8, 4) is 6.07 Å². The number of anilines is 2. The molecule has 0 saturated carbocycles. The van der Waals surface area contributed by atoms with Crippen LogP contribution in [0, 0.1) is 18.3 Å². The van der Waals surface area contributed by atoms with Crippen molar-refractivity contribution in [1.29, 1.82) is 5.26 Å². The average Bonchev–Trinajstić information content (AvgIpc) is 2.93. The highest BCUT2D eigenvalue weighted by Gasteiger charge is 2.31. The number of Topliss-reactive ketones (excluding diaryl/α,β-unsaturated/α-hetero) is 1. The molecule has 0 aromatic heterocycles. The summed E-state index contributed by atoms with van der Waals surface area (Å²) in [5.41, 5.74) is 2.91. The molecule has 136 valence electrons. The molecule has 6 heteroatoms. The molecule has 0 spiro atoms. The Morgan fingerprint density at radius 2 is 1.56 bits per heavy atom. The van der Waals surface area contributed by atoms with Crippen molar-refractivity contribution >= 4 is 23.1 Å². The van der Waals surface area contributed by atoms with Gasteiger partial charge in [-0.15, -0.1) is 0 Å². The smallest absolute Gasteiger partial charge is 0.338 e. The molecule has 1 aliphatic heterocycles. The molecule has 0 unspecified atom stereocenters. The fraction of sp³-hybridized carbons (Fsp3) is 0.190. The molecule has 27 heavy (non-hydrogen) atoms. The molecule has 0 atom stereocenters. The zero-order valence-corrected chi connectivity index (χ0v) is 15.4. The third-order valence-corrected chi connectivity index (χ3v) is 4.55. The SMILES string of the molecule is Cc1ccccc1C(=O)OCC(=O)C(C#N)=C1N(C)c2ccccc2N1C. The average molecular weight is 361 g/mol. The number of carbonyl (C=O) groups excluding carboxylic acids is 2. The number of fused-ring (bicyclic) bond motifs is 1. The number of aryl methyl sites for hydroxylation is 1. The van der Waals surface area contributed by atoms with Gasteiger partial charge in [-0.25, -0.2) is 4.79 Å². The van der Waals surface area contributed by atoms with Crippen molar-refractivity contribution in [3.05, 3.63) is 71.1 Å². The third-order valence-electron chi connectivity index (χ3n) is 4.55. The minimum absolute atomic E-state index is 0.0474. The fourth-order valence-corrected chi connectivity index (χ4v) is 3.14. The number of nitriles is 1. The van der Waals surface area contributed by atoms with E-state index in [0.717, 1.165) is 16.9 Å². The second-order valence-electron chi connectivity index (χ2n) is 6.23. The van der Waals surface area contributed by atoms with Crippen LogP contribution in [0.2, 0.25) is 0 Å². The van der Waals surface area contributed by atoms with E-state index < -0.39 is 18.4 Å². The lowest BCUT2D eigenvalue weighted by atomic mass is 10.1. The summed E-state index contributed by atoms with van der Waals surface area (Å²) in [7, 11) is 3.59. The number of ether oxygens (including phenoxy) is 1. The zero-order chi connectivity index (χ0) is 19.6. The highest BCUT2D eigenvalue weighted by atomic mass is 16.5. The molecule has 2 aromatic carbocycles. The van der Waals surface area contributed by atoms with E-state index in [4.69, 9.17) is 4.74 Å². The Balaban J connectivity index is 1.82. The van der Waals surface area contributed by atoms with Crippen LogP contribution < -0.4 is 9.80 Å². The van der Waals surface area contributed by atoms with Gasteiger partial charge in [0.25, 0.3) is 0 Å². The predicted molar refractivity (Wildman–Crippen MR) is 102 cm³/mol. The molecular weight excluding hydrogens is 342 g/mol. The number of hydrogen-bond acceptors (Lipinski definition) is 6. The Hall–Kier alpha value is -3.59. The summed E-state index contributed by atoms with van der Waals surface area (Å²) >= 11 is 0. The molecular formula is C21H19N3O3. The van der Waals surface area contributed by atoms with Crippen molar-refractivity contribution in [3.63, 3.8) is 0 Å². The number of nitrogens with zero attached hydrogens (tertiary/aromatic N) is 3. The number of esters is 1. The van der Waals surface area contributed by atoms with E-state index in [1.54, 1.807) is 49.0 Å². The van der Waals surface area contributed by atoms with Crippen molar-refractivity contribution in [2.24, 2.45) is 0 Å². The maximum absolute atomic E-state index is 12.6. The molecule has 1 aliphatic rings. The van der Waals surface area contributed by atoms with Gasteiger partial charge >= 0.3 is 5.97 Å². The van der Waals surface area contributed by atoms with E-state index in [1.165, 1.54) is 0 Å². The summed E-state index contributed by atoms with van der Waals surface area (Å²) in [6.07, 6.45) is 0. The molecule has 0 radical (unpaired) electrons. The molecule has 0 saturated heterocycles. The van der Waals surface area contributed by atoms with E-state index in [2.05, 4.69) is 0 Å². The molecule has 0 fully saturated rings. The lowest BCUT2D eigenvalue weighted by Crippen LogP contribution is -2.28. The summed E-state index contributed by atoms with van der Waals surface area (Å²) < 4.78 is 5.15. The zero-order valence-electron chi connectivity index (χ0n) is 15.4. The first-order valence-electron chi connectivity index (χ1n) is 8.42. The van der Waals surface area contributed by atoms with Crippen LogP contribution in [0.4, 0.5) is 11.4 Å². The van der Waals surface area contributed by atoms with Crippen LogP contribution in [-0.4, -0.2) is 32.5 Å². The Bertz CT molecular complexity index is 957. The van der Waals surface area contributed by atoms with Crippen molar-refractivity contribution < 1.29 is 14.3 Å². The quantitative estimate of drug-likeness (QED) is 0.473. The van der Waals surface area contributed by atoms with Gasteiger partial charge in [0.15, 0.2) is 6.61 Å². The second-order valence-corrected chi connectivity index (χ2v) is 6.23. The maximum atomic E-state index is 12.6. The van der Waals surface area contributed by atoms with Crippen LogP contribution in [0.3, 0.4) is 0 Å². The molecule has 0 aliphatic carbocycles. The van der Waals surface area contributed by atoms with Crippen LogP contribution in [0.15, 0.2) is 59.9 Å². The summed E-state index contributed by atoms with van der Waals surface area (Å²) in [6.45, 7) is 1.30. The van der Waals surface area contributed by atoms with Crippen molar-refractivity contribution in [2.45, 2.75) is 6.92 Å². The number of benzene rings is 2. The van der Waals surface area contributed by atoms with Gasteiger partial charge in [-0.3, -0.25) is 4.79 Å². The van der Waals surface area contributed by atoms with Crippen LogP contribution >= 0.6 is 0 Å². The van der Waals surface area contributed by atoms with E-state index in [0.29, 0.717) is 11.4 Å². The normalized spacial score (nSPS) is 12.4. The van der Waals surface area contributed by atoms with Gasteiger partial charge in [-0.1, -0.05) is 30.3 Å². The first-order valence-corrected chi connectivity index (χ1v) is 8.42. The number of ketones is 1. The van der Waals surface area contributed by atoms with E-state index in [9.17, 15) is 14.9 Å². The monoisotopic (exact) mass is 361 g/mol. The lowest BCUT2D eigenvalue weighted by molar-refractivity contribution is -0.118. The molecule has 2 aromatic rings. The first kappa shape index (κ1) is 18.2. The number of para-hydroxylation sites is 2. The maximum Gasteiger partial charge on any atom is 0.338 e. The van der Waals surface area contributed by atoms with Gasteiger partial charge in [0.2, 0.25) is 5.78 Å². The molecule has 0 N–H and O–H groups in total. The Labute approximate surface area is 157 Å². The summed E-state index contributed by atoms with van der Waals surface area (Å²) in [5.74, 6) is -0.656. The van der Waals surface area contributed by atoms with Gasteiger partial charge in [0.05, 0.1) is 16.9 Å². The molecule has 0 bridgehead atoms. The van der Waals surface area contributed by atoms with Crippen molar-refractivity contribution in [2.75, 3.05) is 30.5 Å². The largest absolute Gasteiger partial charge is 0.454 e. The van der Waals surface area contributed by atoms with Crippen LogP contribution in [-0.2, 0) is 9.53 Å². The first-order chi connectivity index (χ1) is 13.0. The minimum Gasteiger partial charge on any atom is -0.454 e. The van der Waals surface area contributed by atoms with Crippen LogP contribution in [0.5, 0.6) is 0 Å². The van der Waals surface area contributed by atoms with Gasteiger partial charge < -0.3 is 14.5 Å². The van der Waals surface area contributed by atoms with Gasteiger partial charge in [0, 0.05) is 14.1 Å². The van der Waals surface area contributed by atoms with Crippen molar-refractivity contribution in [1.82, 2.24) is 0 Å². The Kier molecular flexibility index (Phi) is 4.95. The van der Waals surface area contributed by atoms with Gasteiger partial charge in [-0.2, -0.15) is 5.26 Å². The molecule has 3 rings (SSSR count). The Morgan fingerprint density at radius 3 is 2.11 bits per heavy atom. The molecule has 6 nitrogen and oxygen atoms in total. The van der Waals surface area contributed by atoms with E-state index in [1.807, 2.05) is 36.4 Å². The second kappa shape index (κ2) is 7.34.